The Kier molecular flexibility index (Phi) is 4.74. The van der Waals surface area contributed by atoms with Crippen molar-refractivity contribution in [2.45, 2.75) is 55.8 Å². The van der Waals surface area contributed by atoms with Gasteiger partial charge in [-0.3, -0.25) is 0 Å². The summed E-state index contributed by atoms with van der Waals surface area (Å²) in [7, 11) is 2.17. The summed E-state index contributed by atoms with van der Waals surface area (Å²) >= 11 is -1.91. The molecule has 6 rings (SSSR count). The fourth-order valence-corrected chi connectivity index (χ4v) is 9.02. The van der Waals surface area contributed by atoms with Gasteiger partial charge in [0.2, 0.25) is 0 Å². The molecule has 1 atom stereocenters. The Morgan fingerprint density at radius 2 is 1.71 bits per heavy atom. The van der Waals surface area contributed by atoms with E-state index in [0.29, 0.717) is 12.0 Å². The average molecular weight is 520 g/mol. The Balaban J connectivity index is 1.65. The van der Waals surface area contributed by atoms with Gasteiger partial charge < -0.3 is 0 Å². The van der Waals surface area contributed by atoms with Crippen LogP contribution < -0.4 is 8.96 Å². The van der Waals surface area contributed by atoms with Crippen molar-refractivity contribution >= 4 is 40.1 Å². The van der Waals surface area contributed by atoms with E-state index in [1.165, 1.54) is 54.3 Å². The molecule has 2 heteroatoms. The summed E-state index contributed by atoms with van der Waals surface area (Å²) in [5.41, 5.74) is 10.2. The molecule has 1 heterocycles. The van der Waals surface area contributed by atoms with Crippen molar-refractivity contribution in [2.75, 3.05) is 0 Å². The van der Waals surface area contributed by atoms with Crippen molar-refractivity contribution in [1.82, 2.24) is 0 Å². The standard InChI is InChI=1S/C33H36GeN/c1-21(2)30-26-11-9-8-10-23(26)18-27-28(30)20-33(3)29(19-24-16-17-35(7)32(27)31(24)33)22-12-14-25(15-13-22)34(4,5)6/h8-19,21H,20H2,1-7H3/q+1/i19D. The number of aryl methyl sites for hydroxylation is 1. The van der Waals surface area contributed by atoms with Gasteiger partial charge in [-0.2, -0.15) is 0 Å². The SMILES string of the molecule is [2H]C1=C(c2cc[c]([Ge]([CH3])([CH3])[CH3])cc2)C2(C)Cc3c(cc4ccccc4c3C(C)C)-c3c2c1cc[n+]3C. The van der Waals surface area contributed by atoms with Gasteiger partial charge in [-0.1, -0.05) is 6.07 Å². The summed E-state index contributed by atoms with van der Waals surface area (Å²) in [4.78, 5) is 0. The predicted molar refractivity (Wildman–Crippen MR) is 153 cm³/mol. The summed E-state index contributed by atoms with van der Waals surface area (Å²) in [6.45, 7) is 7.05. The Morgan fingerprint density at radius 1 is 1.00 bits per heavy atom. The van der Waals surface area contributed by atoms with Gasteiger partial charge in [0.25, 0.3) is 0 Å². The van der Waals surface area contributed by atoms with Crippen LogP contribution >= 0.6 is 0 Å². The topological polar surface area (TPSA) is 3.88 Å². The van der Waals surface area contributed by atoms with Crippen molar-refractivity contribution < 1.29 is 5.94 Å². The molecule has 0 spiro atoms. The number of aromatic nitrogens is 1. The molecule has 2 aliphatic carbocycles. The van der Waals surface area contributed by atoms with E-state index in [4.69, 9.17) is 0 Å². The van der Waals surface area contributed by atoms with E-state index >= 15 is 0 Å². The zero-order chi connectivity index (χ0) is 25.6. The summed E-state index contributed by atoms with van der Waals surface area (Å²) in [5, 5.41) is 2.68. The molecular formula is C33H36GeN+. The van der Waals surface area contributed by atoms with Crippen LogP contribution in [0.1, 0.15) is 55.9 Å². The molecule has 2 aliphatic rings. The van der Waals surface area contributed by atoms with Gasteiger partial charge in [0.05, 0.1) is 0 Å². The van der Waals surface area contributed by atoms with Crippen LogP contribution in [0.2, 0.25) is 17.3 Å². The number of rotatable bonds is 3. The molecule has 0 saturated carbocycles. The number of benzene rings is 3. The zero-order valence-electron chi connectivity index (χ0n) is 23.1. The average Bonchev–Trinajstić information content (AvgIpc) is 3.04. The quantitative estimate of drug-likeness (QED) is 0.196. The third-order valence-electron chi connectivity index (χ3n) is 8.29. The zero-order valence-corrected chi connectivity index (χ0v) is 24.2. The number of hydrogen-bond donors (Lipinski definition) is 0. The monoisotopic (exact) mass is 521 g/mol. The van der Waals surface area contributed by atoms with Gasteiger partial charge in [0, 0.05) is 0 Å². The summed E-state index contributed by atoms with van der Waals surface area (Å²) < 4.78 is 13.2. The first kappa shape index (κ1) is 21.6. The first-order chi connectivity index (χ1) is 17.0. The molecule has 0 N–H and O–H groups in total. The fraction of sp³-hybridized carbons (Fsp3) is 0.303. The van der Waals surface area contributed by atoms with Gasteiger partial charge in [0.15, 0.2) is 0 Å². The molecule has 176 valence electrons. The van der Waals surface area contributed by atoms with Gasteiger partial charge >= 0.3 is 209 Å². The van der Waals surface area contributed by atoms with E-state index in [-0.39, 0.29) is 5.41 Å². The van der Waals surface area contributed by atoms with E-state index in [2.05, 4.69) is 117 Å². The summed E-state index contributed by atoms with van der Waals surface area (Å²) in [6.07, 6.45) is 3.09. The molecule has 4 aromatic rings. The van der Waals surface area contributed by atoms with Crippen LogP contribution in [0.3, 0.4) is 0 Å². The van der Waals surface area contributed by atoms with Crippen molar-refractivity contribution in [3.8, 4) is 11.3 Å². The van der Waals surface area contributed by atoms with E-state index in [9.17, 15) is 1.37 Å². The molecule has 0 bridgehead atoms. The Hall–Kier alpha value is -2.65. The van der Waals surface area contributed by atoms with Gasteiger partial charge in [-0.05, 0) is 0 Å². The van der Waals surface area contributed by atoms with E-state index in [1.54, 1.807) is 0 Å². The van der Waals surface area contributed by atoms with Crippen LogP contribution in [0, 0.1) is 0 Å². The van der Waals surface area contributed by atoms with Gasteiger partial charge in [-0.15, -0.1) is 0 Å². The molecule has 35 heavy (non-hydrogen) atoms. The number of allylic oxidation sites excluding steroid dienone is 1. The van der Waals surface area contributed by atoms with Crippen LogP contribution in [0.5, 0.6) is 0 Å². The molecule has 1 aromatic heterocycles. The van der Waals surface area contributed by atoms with Crippen LogP contribution in [-0.4, -0.2) is 13.3 Å². The molecule has 0 saturated heterocycles. The number of pyridine rings is 1. The Labute approximate surface area is 214 Å². The normalized spacial score (nSPS) is 19.3. The fourth-order valence-electron chi connectivity index (χ4n) is 6.57. The third kappa shape index (κ3) is 3.31. The Morgan fingerprint density at radius 3 is 2.40 bits per heavy atom. The number of hydrogen-bond acceptors (Lipinski definition) is 0. The molecule has 3 aromatic carbocycles. The van der Waals surface area contributed by atoms with Crippen LogP contribution in [0.15, 0.2) is 66.9 Å². The predicted octanol–water partition coefficient (Wildman–Crippen LogP) is 7.37. The van der Waals surface area contributed by atoms with E-state index in [1.807, 2.05) is 0 Å². The number of fused-ring (bicyclic) bond motifs is 3. The first-order valence-electron chi connectivity index (χ1n) is 13.4. The number of nitrogens with zero attached hydrogens (tertiary/aromatic N) is 1. The summed E-state index contributed by atoms with van der Waals surface area (Å²) in [5.74, 6) is 7.75. The van der Waals surface area contributed by atoms with Gasteiger partial charge in [-0.25, -0.2) is 0 Å². The molecule has 0 radical (unpaired) electrons. The van der Waals surface area contributed by atoms with Crippen LogP contribution in [0.25, 0.3) is 33.7 Å². The van der Waals surface area contributed by atoms with Crippen molar-refractivity contribution in [2.24, 2.45) is 7.05 Å². The van der Waals surface area contributed by atoms with E-state index in [0.717, 1.165) is 12.0 Å². The molecule has 0 fully saturated rings. The van der Waals surface area contributed by atoms with Crippen LogP contribution in [0.4, 0.5) is 0 Å². The van der Waals surface area contributed by atoms with Crippen molar-refractivity contribution in [3.05, 3.63) is 94.7 Å². The maximum atomic E-state index is 9.41. The molecule has 1 nitrogen and oxygen atoms in total. The molecule has 0 aliphatic heterocycles. The minimum absolute atomic E-state index is 0.232. The summed E-state index contributed by atoms with van der Waals surface area (Å²) in [6, 6.07) is 23.4. The first-order valence-corrected chi connectivity index (χ1v) is 20.3. The second-order valence-electron chi connectivity index (χ2n) is 12.1. The Bertz CT molecular complexity index is 1590. The maximum absolute atomic E-state index is 9.41. The van der Waals surface area contributed by atoms with Gasteiger partial charge in [0.1, 0.15) is 0 Å². The van der Waals surface area contributed by atoms with E-state index < -0.39 is 13.3 Å². The van der Waals surface area contributed by atoms with Crippen LogP contribution in [-0.2, 0) is 18.9 Å². The molecule has 0 amide bonds. The third-order valence-corrected chi connectivity index (χ3v) is 12.6. The second-order valence-corrected chi connectivity index (χ2v) is 22.7. The second kappa shape index (κ2) is 7.67. The minimum atomic E-state index is -1.91. The van der Waals surface area contributed by atoms with Crippen molar-refractivity contribution in [1.29, 1.82) is 0 Å². The molecular weight excluding hydrogens is 483 g/mol. The molecule has 1 unspecified atom stereocenters. The van der Waals surface area contributed by atoms with Crippen molar-refractivity contribution in [3.63, 3.8) is 0 Å².